The zero-order valence-corrected chi connectivity index (χ0v) is 19.7. The number of allylic oxidation sites excluding steroid dienone is 1. The Morgan fingerprint density at radius 3 is 2.29 bits per heavy atom. The van der Waals surface area contributed by atoms with Gasteiger partial charge in [0.2, 0.25) is 5.91 Å². The number of aliphatic carboxylic acids is 1. The van der Waals surface area contributed by atoms with Crippen LogP contribution in [0.25, 0.3) is 11.1 Å². The summed E-state index contributed by atoms with van der Waals surface area (Å²) in [6.45, 7) is 1.79. The molecule has 5 rings (SSSR count). The Morgan fingerprint density at radius 1 is 1.06 bits per heavy atom. The molecule has 2 aromatic rings. The molecule has 35 heavy (non-hydrogen) atoms. The molecule has 3 aliphatic carbocycles. The van der Waals surface area contributed by atoms with Crippen LogP contribution in [-0.4, -0.2) is 52.7 Å². The summed E-state index contributed by atoms with van der Waals surface area (Å²) < 4.78 is 5.65. The minimum atomic E-state index is -0.995. The first-order chi connectivity index (χ1) is 16.9. The Kier molecular flexibility index (Phi) is 6.32. The molecule has 0 aliphatic heterocycles. The number of carbonyl (C=O) groups is 3. The van der Waals surface area contributed by atoms with E-state index in [-0.39, 0.29) is 36.4 Å². The number of hydrogen-bond donors (Lipinski definition) is 2. The number of carboxylic acid groups (broad SMARTS) is 1. The lowest BCUT2D eigenvalue weighted by molar-refractivity contribution is -0.152. The number of fused-ring (bicyclic) bond motifs is 3. The van der Waals surface area contributed by atoms with Gasteiger partial charge in [0.05, 0.1) is 6.04 Å². The van der Waals surface area contributed by atoms with Gasteiger partial charge in [-0.3, -0.25) is 4.79 Å². The van der Waals surface area contributed by atoms with Crippen molar-refractivity contribution in [1.82, 2.24) is 10.2 Å². The van der Waals surface area contributed by atoms with Crippen molar-refractivity contribution in [3.05, 3.63) is 71.8 Å². The number of nitrogens with one attached hydrogen (secondary N) is 1. The number of alkyl carbamates (subject to hydrolysis) is 1. The van der Waals surface area contributed by atoms with Crippen molar-refractivity contribution >= 4 is 18.0 Å². The van der Waals surface area contributed by atoms with E-state index in [9.17, 15) is 19.5 Å². The van der Waals surface area contributed by atoms with Crippen LogP contribution in [0.5, 0.6) is 0 Å². The molecular formula is C28H30N2O5. The van der Waals surface area contributed by atoms with Crippen molar-refractivity contribution in [2.24, 2.45) is 5.92 Å². The number of carbonyl (C=O) groups excluding carboxylic acids is 2. The number of nitrogens with zero attached hydrogens (tertiary/aromatic N) is 1. The summed E-state index contributed by atoms with van der Waals surface area (Å²) in [4.78, 5) is 38.9. The molecule has 3 aliphatic rings. The lowest BCUT2D eigenvalue weighted by Crippen LogP contribution is -2.49. The van der Waals surface area contributed by atoms with E-state index in [1.54, 1.807) is 6.92 Å². The summed E-state index contributed by atoms with van der Waals surface area (Å²) in [5, 5.41) is 12.3. The molecule has 1 unspecified atom stereocenters. The van der Waals surface area contributed by atoms with Crippen LogP contribution in [0, 0.1) is 5.92 Å². The molecule has 0 heterocycles. The standard InChI is InChI=1S/C28H30N2O5/c1-17(27(32)33)30(20-13-14-20)26(31)18-7-6-8-19(15-18)29-28(34)35-16-25-23-11-4-2-9-21(23)22-10-3-5-12-24(22)25/h2-6,8-12,17-20,25H,7,13-16H2,1H3,(H,29,34)(H,32,33)/t17?,18-,19-/m1/s1. The molecule has 0 saturated heterocycles. The van der Waals surface area contributed by atoms with Gasteiger partial charge in [0.1, 0.15) is 12.6 Å². The van der Waals surface area contributed by atoms with Crippen molar-refractivity contribution in [3.63, 3.8) is 0 Å². The van der Waals surface area contributed by atoms with Crippen molar-refractivity contribution in [3.8, 4) is 11.1 Å². The average Bonchev–Trinajstić information content (AvgIpc) is 3.65. The van der Waals surface area contributed by atoms with E-state index >= 15 is 0 Å². The lowest BCUT2D eigenvalue weighted by atomic mass is 9.89. The van der Waals surface area contributed by atoms with Crippen LogP contribution < -0.4 is 5.32 Å². The predicted octanol–water partition coefficient (Wildman–Crippen LogP) is 4.32. The molecule has 1 fully saturated rings. The van der Waals surface area contributed by atoms with E-state index in [1.165, 1.54) is 16.0 Å². The van der Waals surface area contributed by atoms with E-state index in [0.717, 1.165) is 24.0 Å². The van der Waals surface area contributed by atoms with Gasteiger partial charge in [-0.15, -0.1) is 0 Å². The van der Waals surface area contributed by atoms with Gasteiger partial charge in [-0.1, -0.05) is 60.7 Å². The third-order valence-electron chi connectivity index (χ3n) is 7.29. The molecule has 7 heteroatoms. The van der Waals surface area contributed by atoms with E-state index < -0.39 is 18.1 Å². The molecular weight excluding hydrogens is 444 g/mol. The minimum absolute atomic E-state index is 0.00745. The topological polar surface area (TPSA) is 95.9 Å². The molecule has 7 nitrogen and oxygen atoms in total. The first-order valence-electron chi connectivity index (χ1n) is 12.3. The lowest BCUT2D eigenvalue weighted by Gasteiger charge is -2.32. The van der Waals surface area contributed by atoms with Gasteiger partial charge in [0.15, 0.2) is 0 Å². The van der Waals surface area contributed by atoms with Crippen LogP contribution in [0.3, 0.4) is 0 Å². The normalized spacial score (nSPS) is 21.5. The van der Waals surface area contributed by atoms with Gasteiger partial charge in [-0.05, 0) is 54.9 Å². The van der Waals surface area contributed by atoms with Gasteiger partial charge in [-0.2, -0.15) is 0 Å². The predicted molar refractivity (Wildman–Crippen MR) is 131 cm³/mol. The summed E-state index contributed by atoms with van der Waals surface area (Å²) in [5.74, 6) is -1.52. The van der Waals surface area contributed by atoms with E-state index in [4.69, 9.17) is 4.74 Å². The van der Waals surface area contributed by atoms with Crippen molar-refractivity contribution < 1.29 is 24.2 Å². The third kappa shape index (κ3) is 4.67. The highest BCUT2D eigenvalue weighted by molar-refractivity contribution is 5.86. The fourth-order valence-electron chi connectivity index (χ4n) is 5.36. The Morgan fingerprint density at radius 2 is 1.69 bits per heavy atom. The highest BCUT2D eigenvalue weighted by Gasteiger charge is 2.41. The number of carboxylic acids is 1. The zero-order valence-electron chi connectivity index (χ0n) is 19.7. The number of ether oxygens (including phenoxy) is 1. The molecule has 2 N–H and O–H groups in total. The molecule has 0 spiro atoms. The maximum atomic E-state index is 13.2. The van der Waals surface area contributed by atoms with Gasteiger partial charge < -0.3 is 20.1 Å². The summed E-state index contributed by atoms with van der Waals surface area (Å²) in [6, 6.07) is 15.2. The molecule has 0 aromatic heterocycles. The maximum Gasteiger partial charge on any atom is 0.407 e. The minimum Gasteiger partial charge on any atom is -0.480 e. The third-order valence-corrected chi connectivity index (χ3v) is 7.29. The van der Waals surface area contributed by atoms with Crippen LogP contribution in [-0.2, 0) is 14.3 Å². The van der Waals surface area contributed by atoms with Crippen LogP contribution in [0.1, 0.15) is 49.7 Å². The zero-order chi connectivity index (χ0) is 24.5. The highest BCUT2D eigenvalue weighted by Crippen LogP contribution is 2.44. The Labute approximate surface area is 204 Å². The SMILES string of the molecule is CC(C(=O)O)N(C(=O)[C@@H]1CC=C[C@@H](NC(=O)OCC2c3ccccc3-c3ccccc32)C1)C1CC1. The molecule has 0 bridgehead atoms. The number of hydrogen-bond acceptors (Lipinski definition) is 4. The second-order valence-electron chi connectivity index (χ2n) is 9.66. The van der Waals surface area contributed by atoms with Crippen molar-refractivity contribution in [2.75, 3.05) is 6.61 Å². The van der Waals surface area contributed by atoms with E-state index in [2.05, 4.69) is 29.6 Å². The summed E-state index contributed by atoms with van der Waals surface area (Å²) in [6.07, 6.45) is 5.89. The first kappa shape index (κ1) is 23.1. The average molecular weight is 475 g/mol. The van der Waals surface area contributed by atoms with Gasteiger partial charge in [-0.25, -0.2) is 9.59 Å². The van der Waals surface area contributed by atoms with Crippen LogP contribution in [0.2, 0.25) is 0 Å². The molecule has 2 aromatic carbocycles. The van der Waals surface area contributed by atoms with Crippen molar-refractivity contribution in [1.29, 1.82) is 0 Å². The maximum absolute atomic E-state index is 13.2. The monoisotopic (exact) mass is 474 g/mol. The fourth-order valence-corrected chi connectivity index (χ4v) is 5.36. The Balaban J connectivity index is 1.20. The summed E-state index contributed by atoms with van der Waals surface area (Å²) in [7, 11) is 0. The van der Waals surface area contributed by atoms with E-state index in [0.29, 0.717) is 12.8 Å². The molecule has 3 atom stereocenters. The van der Waals surface area contributed by atoms with Crippen LogP contribution in [0.15, 0.2) is 60.7 Å². The largest absolute Gasteiger partial charge is 0.480 e. The smallest absolute Gasteiger partial charge is 0.407 e. The second-order valence-corrected chi connectivity index (χ2v) is 9.66. The highest BCUT2D eigenvalue weighted by atomic mass is 16.5. The molecule has 2 amide bonds. The first-order valence-corrected chi connectivity index (χ1v) is 12.3. The fraction of sp³-hybridized carbons (Fsp3) is 0.393. The molecule has 0 radical (unpaired) electrons. The number of benzene rings is 2. The Hall–Kier alpha value is -3.61. The van der Waals surface area contributed by atoms with Crippen LogP contribution >= 0.6 is 0 Å². The molecule has 1 saturated carbocycles. The number of amides is 2. The van der Waals surface area contributed by atoms with Gasteiger partial charge in [0.25, 0.3) is 0 Å². The summed E-state index contributed by atoms with van der Waals surface area (Å²) in [5.41, 5.74) is 4.64. The second kappa shape index (κ2) is 9.56. The van der Waals surface area contributed by atoms with E-state index in [1.807, 2.05) is 36.4 Å². The quantitative estimate of drug-likeness (QED) is 0.583. The van der Waals surface area contributed by atoms with Gasteiger partial charge in [0, 0.05) is 17.9 Å². The van der Waals surface area contributed by atoms with Crippen molar-refractivity contribution in [2.45, 2.75) is 56.7 Å². The van der Waals surface area contributed by atoms with Crippen LogP contribution in [0.4, 0.5) is 4.79 Å². The number of rotatable bonds is 7. The Bertz CT molecular complexity index is 1130. The molecule has 182 valence electrons. The summed E-state index contributed by atoms with van der Waals surface area (Å²) >= 11 is 0. The van der Waals surface area contributed by atoms with Gasteiger partial charge >= 0.3 is 12.1 Å².